The fourth-order valence-corrected chi connectivity index (χ4v) is 4.81. The van der Waals surface area contributed by atoms with Gasteiger partial charge in [0.05, 0.1) is 0 Å². The maximum Gasteiger partial charge on any atom is 0.271 e. The molecule has 3 heterocycles. The monoisotopic (exact) mass is 346 g/mol. The molecule has 1 amide bonds. The van der Waals surface area contributed by atoms with Gasteiger partial charge in [0.2, 0.25) is 0 Å². The number of amides is 1. The number of piperidine rings is 1. The zero-order valence-corrected chi connectivity index (χ0v) is 14.7. The molecule has 128 valence electrons. The zero-order valence-electron chi connectivity index (χ0n) is 13.9. The van der Waals surface area contributed by atoms with Crippen LogP contribution in [0, 0.1) is 0 Å². The van der Waals surface area contributed by atoms with Crippen LogP contribution in [0.15, 0.2) is 11.0 Å². The van der Waals surface area contributed by atoms with Crippen LogP contribution in [0.5, 0.6) is 0 Å². The van der Waals surface area contributed by atoms with Crippen molar-refractivity contribution in [2.45, 2.75) is 44.6 Å². The molecule has 2 aliphatic rings. The molecule has 0 saturated carbocycles. The molecular formula is C17H22N4O2S. The Morgan fingerprint density at radius 1 is 1.29 bits per heavy atom. The number of nitrogens with one attached hydrogen (secondary N) is 1. The first-order chi connectivity index (χ1) is 11.6. The lowest BCUT2D eigenvalue weighted by Crippen LogP contribution is -2.44. The normalized spacial score (nSPS) is 19.4. The van der Waals surface area contributed by atoms with Gasteiger partial charge in [-0.25, -0.2) is 4.98 Å². The first-order valence-electron chi connectivity index (χ1n) is 8.65. The minimum absolute atomic E-state index is 0.144. The molecule has 0 bridgehead atoms. The standard InChI is InChI=1S/C17H22N4O2S/c1-20-8-6-11(7-9-20)19-15(22)12-10-18-17-21(16(12)23)13-4-2-3-5-14(13)24-17/h10-11H,2-9H2,1H3,(H,19,22). The van der Waals surface area contributed by atoms with Gasteiger partial charge in [0.25, 0.3) is 11.5 Å². The minimum Gasteiger partial charge on any atom is -0.349 e. The molecule has 1 aliphatic heterocycles. The van der Waals surface area contributed by atoms with Crippen molar-refractivity contribution in [1.82, 2.24) is 19.6 Å². The second-order valence-corrected chi connectivity index (χ2v) is 7.89. The minimum atomic E-state index is -0.285. The molecule has 1 saturated heterocycles. The van der Waals surface area contributed by atoms with E-state index in [1.54, 1.807) is 15.7 Å². The van der Waals surface area contributed by atoms with E-state index in [0.717, 1.165) is 57.3 Å². The number of nitrogens with zero attached hydrogens (tertiary/aromatic N) is 3. The number of carbonyl (C=O) groups excluding carboxylic acids is 1. The summed E-state index contributed by atoms with van der Waals surface area (Å²) < 4.78 is 1.67. The molecule has 1 aliphatic carbocycles. The summed E-state index contributed by atoms with van der Waals surface area (Å²) in [5, 5.41) is 3.02. The molecule has 1 fully saturated rings. The van der Waals surface area contributed by atoms with Gasteiger partial charge in [-0.3, -0.25) is 14.0 Å². The van der Waals surface area contributed by atoms with Gasteiger partial charge in [-0.15, -0.1) is 11.3 Å². The zero-order chi connectivity index (χ0) is 16.7. The van der Waals surface area contributed by atoms with E-state index in [0.29, 0.717) is 4.96 Å². The van der Waals surface area contributed by atoms with Crippen molar-refractivity contribution in [3.05, 3.63) is 32.7 Å². The maximum atomic E-state index is 12.9. The van der Waals surface area contributed by atoms with Gasteiger partial charge in [0.15, 0.2) is 4.96 Å². The Bertz CT molecular complexity index is 833. The van der Waals surface area contributed by atoms with E-state index in [1.807, 2.05) is 0 Å². The number of carbonyl (C=O) groups is 1. The van der Waals surface area contributed by atoms with Gasteiger partial charge < -0.3 is 10.2 Å². The fourth-order valence-electron chi connectivity index (χ4n) is 3.64. The SMILES string of the molecule is CN1CCC(NC(=O)c2cnc3sc4c(n3c2=O)CCCC4)CC1. The predicted molar refractivity (Wildman–Crippen MR) is 94.0 cm³/mol. The quantitative estimate of drug-likeness (QED) is 0.894. The van der Waals surface area contributed by atoms with Crippen LogP contribution in [-0.2, 0) is 12.8 Å². The molecule has 7 heteroatoms. The fraction of sp³-hybridized carbons (Fsp3) is 0.588. The van der Waals surface area contributed by atoms with Crippen molar-refractivity contribution in [2.24, 2.45) is 0 Å². The number of aryl methyl sites for hydroxylation is 2. The number of hydrogen-bond acceptors (Lipinski definition) is 5. The van der Waals surface area contributed by atoms with Crippen molar-refractivity contribution in [3.8, 4) is 0 Å². The molecule has 0 radical (unpaired) electrons. The maximum absolute atomic E-state index is 12.9. The van der Waals surface area contributed by atoms with Gasteiger partial charge in [-0.05, 0) is 58.7 Å². The van der Waals surface area contributed by atoms with Crippen LogP contribution < -0.4 is 10.9 Å². The lowest BCUT2D eigenvalue weighted by molar-refractivity contribution is 0.0915. The van der Waals surface area contributed by atoms with Crippen LogP contribution >= 0.6 is 11.3 Å². The first-order valence-corrected chi connectivity index (χ1v) is 9.47. The van der Waals surface area contributed by atoms with Crippen molar-refractivity contribution in [3.63, 3.8) is 0 Å². The molecule has 0 atom stereocenters. The Morgan fingerprint density at radius 2 is 2.04 bits per heavy atom. The molecule has 4 rings (SSSR count). The Hall–Kier alpha value is -1.73. The van der Waals surface area contributed by atoms with E-state index in [2.05, 4.69) is 22.2 Å². The third kappa shape index (κ3) is 2.75. The third-order valence-electron chi connectivity index (χ3n) is 5.10. The molecule has 1 N–H and O–H groups in total. The average molecular weight is 346 g/mol. The van der Waals surface area contributed by atoms with Crippen LogP contribution in [0.25, 0.3) is 4.96 Å². The van der Waals surface area contributed by atoms with E-state index < -0.39 is 0 Å². The summed E-state index contributed by atoms with van der Waals surface area (Å²) >= 11 is 1.58. The van der Waals surface area contributed by atoms with Crippen LogP contribution in [-0.4, -0.2) is 46.4 Å². The number of fused-ring (bicyclic) bond motifs is 3. The Morgan fingerprint density at radius 3 is 2.83 bits per heavy atom. The van der Waals surface area contributed by atoms with Gasteiger partial charge >= 0.3 is 0 Å². The number of rotatable bonds is 2. The summed E-state index contributed by atoms with van der Waals surface area (Å²) in [5.41, 5.74) is 1.01. The van der Waals surface area contributed by atoms with Gasteiger partial charge in [0, 0.05) is 22.8 Å². The lowest BCUT2D eigenvalue weighted by atomic mass is 10.0. The van der Waals surface area contributed by atoms with E-state index in [4.69, 9.17) is 0 Å². The molecule has 0 spiro atoms. The van der Waals surface area contributed by atoms with Gasteiger partial charge in [-0.2, -0.15) is 0 Å². The van der Waals surface area contributed by atoms with Crippen molar-refractivity contribution in [2.75, 3.05) is 20.1 Å². The highest BCUT2D eigenvalue weighted by molar-refractivity contribution is 7.17. The van der Waals surface area contributed by atoms with E-state index >= 15 is 0 Å². The van der Waals surface area contributed by atoms with Crippen LogP contribution in [0.2, 0.25) is 0 Å². The molecule has 0 unspecified atom stereocenters. The summed E-state index contributed by atoms with van der Waals surface area (Å²) in [5.74, 6) is -0.285. The average Bonchev–Trinajstić information content (AvgIpc) is 2.96. The highest BCUT2D eigenvalue weighted by Gasteiger charge is 2.24. The highest BCUT2D eigenvalue weighted by atomic mass is 32.1. The van der Waals surface area contributed by atoms with E-state index in [1.165, 1.54) is 11.1 Å². The molecule has 0 aromatic carbocycles. The summed E-state index contributed by atoms with van der Waals surface area (Å²) in [6.45, 7) is 1.94. The van der Waals surface area contributed by atoms with Crippen LogP contribution in [0.1, 0.15) is 46.6 Å². The number of likely N-dealkylation sites (tertiary alicyclic amines) is 1. The Kier molecular flexibility index (Phi) is 4.14. The second-order valence-electron chi connectivity index (χ2n) is 6.83. The van der Waals surface area contributed by atoms with Crippen LogP contribution in [0.3, 0.4) is 0 Å². The molecular weight excluding hydrogens is 324 g/mol. The molecule has 24 heavy (non-hydrogen) atoms. The predicted octanol–water partition coefficient (Wildman–Crippen LogP) is 1.46. The molecule has 2 aromatic rings. The highest BCUT2D eigenvalue weighted by Crippen LogP contribution is 2.28. The number of thiazole rings is 1. The summed E-state index contributed by atoms with van der Waals surface area (Å²) in [6, 6.07) is 0.144. The smallest absolute Gasteiger partial charge is 0.271 e. The number of aromatic nitrogens is 2. The van der Waals surface area contributed by atoms with Crippen molar-refractivity contribution < 1.29 is 4.79 Å². The van der Waals surface area contributed by atoms with Gasteiger partial charge in [-0.1, -0.05) is 0 Å². The van der Waals surface area contributed by atoms with Gasteiger partial charge in [0.1, 0.15) is 5.56 Å². The first kappa shape index (κ1) is 15.8. The van der Waals surface area contributed by atoms with Crippen molar-refractivity contribution >= 4 is 22.2 Å². The Balaban J connectivity index is 1.63. The summed E-state index contributed by atoms with van der Waals surface area (Å²) in [4.78, 5) is 34.0. The van der Waals surface area contributed by atoms with Crippen molar-refractivity contribution in [1.29, 1.82) is 0 Å². The summed E-state index contributed by atoms with van der Waals surface area (Å²) in [7, 11) is 2.09. The number of hydrogen-bond donors (Lipinski definition) is 1. The van der Waals surface area contributed by atoms with Crippen LogP contribution in [0.4, 0.5) is 0 Å². The second kappa shape index (κ2) is 6.29. The Labute approximate surface area is 144 Å². The molecule has 6 nitrogen and oxygen atoms in total. The topological polar surface area (TPSA) is 66.7 Å². The largest absolute Gasteiger partial charge is 0.349 e. The van der Waals surface area contributed by atoms with E-state index in [-0.39, 0.29) is 23.1 Å². The molecule has 2 aromatic heterocycles. The summed E-state index contributed by atoms with van der Waals surface area (Å²) in [6.07, 6.45) is 7.47. The third-order valence-corrected chi connectivity index (χ3v) is 6.26. The van der Waals surface area contributed by atoms with E-state index in [9.17, 15) is 9.59 Å². The lowest BCUT2D eigenvalue weighted by Gasteiger charge is -2.29.